The maximum Gasteiger partial charge on any atom is 0.416 e. The molecule has 0 unspecified atom stereocenters. The molecule has 0 saturated heterocycles. The third-order valence-corrected chi connectivity index (χ3v) is 2.33. The highest BCUT2D eigenvalue weighted by atomic mass is 19.4. The summed E-state index contributed by atoms with van der Waals surface area (Å²) < 4.78 is 42.1. The van der Waals surface area contributed by atoms with Crippen LogP contribution in [0.5, 0.6) is 0 Å². The first-order valence-corrected chi connectivity index (χ1v) is 6.46. The first-order chi connectivity index (χ1) is 9.58. The van der Waals surface area contributed by atoms with Crippen molar-refractivity contribution in [1.82, 2.24) is 5.32 Å². The van der Waals surface area contributed by atoms with Gasteiger partial charge in [0, 0.05) is 18.8 Å². The van der Waals surface area contributed by atoms with Crippen molar-refractivity contribution in [2.24, 2.45) is 0 Å². The van der Waals surface area contributed by atoms with Crippen LogP contribution in [0.3, 0.4) is 0 Å². The van der Waals surface area contributed by atoms with Gasteiger partial charge in [-0.1, -0.05) is 0 Å². The summed E-state index contributed by atoms with van der Waals surface area (Å²) in [7, 11) is 0. The van der Waals surface area contributed by atoms with Gasteiger partial charge >= 0.3 is 12.3 Å². The lowest BCUT2D eigenvalue weighted by Crippen LogP contribution is -2.34. The molecule has 21 heavy (non-hydrogen) atoms. The second-order valence-electron chi connectivity index (χ2n) is 5.43. The van der Waals surface area contributed by atoms with Crippen LogP contribution < -0.4 is 10.6 Å². The lowest BCUT2D eigenvalue weighted by Gasteiger charge is -2.19. The summed E-state index contributed by atoms with van der Waals surface area (Å²) in [6.07, 6.45) is -4.87. The predicted molar refractivity (Wildman–Crippen MR) is 74.2 cm³/mol. The number of alkyl halides is 3. The Morgan fingerprint density at radius 3 is 2.14 bits per heavy atom. The summed E-state index contributed by atoms with van der Waals surface area (Å²) in [5.41, 5.74) is -0.709. The first kappa shape index (κ1) is 17.1. The molecule has 0 fully saturated rings. The molecule has 0 aromatic heterocycles. The van der Waals surface area contributed by atoms with E-state index >= 15 is 0 Å². The van der Waals surface area contributed by atoms with Crippen LogP contribution in [0, 0.1) is 0 Å². The van der Waals surface area contributed by atoms with Crippen LogP contribution >= 0.6 is 0 Å². The summed E-state index contributed by atoms with van der Waals surface area (Å²) in [4.78, 5) is 11.3. The van der Waals surface area contributed by atoms with E-state index in [4.69, 9.17) is 4.74 Å². The highest BCUT2D eigenvalue weighted by molar-refractivity contribution is 5.67. The molecule has 1 aromatic rings. The fourth-order valence-corrected chi connectivity index (χ4v) is 1.46. The number of alkyl carbamates (subject to hydrolysis) is 1. The van der Waals surface area contributed by atoms with E-state index in [9.17, 15) is 18.0 Å². The van der Waals surface area contributed by atoms with Gasteiger partial charge in [-0.3, -0.25) is 0 Å². The van der Waals surface area contributed by atoms with Gasteiger partial charge in [-0.15, -0.1) is 0 Å². The number of hydrogen-bond acceptors (Lipinski definition) is 3. The molecule has 1 rings (SSSR count). The van der Waals surface area contributed by atoms with Crippen molar-refractivity contribution >= 4 is 11.8 Å². The van der Waals surface area contributed by atoms with Crippen LogP contribution in [0.1, 0.15) is 26.3 Å². The summed E-state index contributed by atoms with van der Waals surface area (Å²) in [6.45, 7) is 5.95. The maximum absolute atomic E-state index is 12.4. The van der Waals surface area contributed by atoms with E-state index < -0.39 is 23.4 Å². The monoisotopic (exact) mass is 304 g/mol. The van der Waals surface area contributed by atoms with Gasteiger partial charge in [-0.05, 0) is 45.0 Å². The molecule has 7 heteroatoms. The molecule has 0 atom stereocenters. The van der Waals surface area contributed by atoms with Crippen molar-refractivity contribution in [2.75, 3.05) is 18.4 Å². The number of rotatable bonds is 4. The van der Waals surface area contributed by atoms with Crippen LogP contribution in [0.4, 0.5) is 23.7 Å². The molecular formula is C14H19F3N2O2. The number of ether oxygens (including phenoxy) is 1. The van der Waals surface area contributed by atoms with E-state index in [1.54, 1.807) is 20.8 Å². The zero-order chi connectivity index (χ0) is 16.1. The molecule has 2 N–H and O–H groups in total. The first-order valence-electron chi connectivity index (χ1n) is 6.46. The Labute approximate surface area is 121 Å². The minimum absolute atomic E-state index is 0.302. The zero-order valence-corrected chi connectivity index (χ0v) is 12.2. The van der Waals surface area contributed by atoms with Crippen LogP contribution in [-0.4, -0.2) is 24.8 Å². The number of halogens is 3. The highest BCUT2D eigenvalue weighted by Gasteiger charge is 2.29. The lowest BCUT2D eigenvalue weighted by atomic mass is 10.2. The normalized spacial score (nSPS) is 11.9. The maximum atomic E-state index is 12.4. The standard InChI is InChI=1S/C14H19F3N2O2/c1-13(2,3)21-12(20)19-9-8-18-11-6-4-10(5-7-11)14(15,16)17/h4-7,18H,8-9H2,1-3H3,(H,19,20). The number of benzene rings is 1. The summed E-state index contributed by atoms with van der Waals surface area (Å²) in [6, 6.07) is 4.69. The van der Waals surface area contributed by atoms with Crippen molar-refractivity contribution in [3.63, 3.8) is 0 Å². The molecule has 1 amide bonds. The van der Waals surface area contributed by atoms with Crippen molar-refractivity contribution in [1.29, 1.82) is 0 Å². The average Bonchev–Trinajstić information content (AvgIpc) is 2.32. The number of carbonyl (C=O) groups excluding carboxylic acids is 1. The Kier molecular flexibility index (Phi) is 5.46. The van der Waals surface area contributed by atoms with E-state index in [2.05, 4.69) is 10.6 Å². The van der Waals surface area contributed by atoms with Crippen molar-refractivity contribution in [3.8, 4) is 0 Å². The van der Waals surface area contributed by atoms with Gasteiger partial charge in [-0.25, -0.2) is 4.79 Å². The number of hydrogen-bond donors (Lipinski definition) is 2. The van der Waals surface area contributed by atoms with Gasteiger partial charge in [-0.2, -0.15) is 13.2 Å². The van der Waals surface area contributed by atoms with Crippen LogP contribution in [-0.2, 0) is 10.9 Å². The Hall–Kier alpha value is -1.92. The van der Waals surface area contributed by atoms with Crippen molar-refractivity contribution < 1.29 is 22.7 Å². The molecule has 0 bridgehead atoms. The van der Waals surface area contributed by atoms with Gasteiger partial charge < -0.3 is 15.4 Å². The number of anilines is 1. The Morgan fingerprint density at radius 1 is 1.10 bits per heavy atom. The van der Waals surface area contributed by atoms with Crippen molar-refractivity contribution in [2.45, 2.75) is 32.5 Å². The molecule has 1 aromatic carbocycles. The van der Waals surface area contributed by atoms with Gasteiger partial charge in [0.1, 0.15) is 5.60 Å². The molecule has 0 heterocycles. The van der Waals surface area contributed by atoms with Crippen LogP contribution in [0.25, 0.3) is 0 Å². The Morgan fingerprint density at radius 2 is 1.67 bits per heavy atom. The largest absolute Gasteiger partial charge is 0.444 e. The summed E-state index contributed by atoms with van der Waals surface area (Å²) >= 11 is 0. The molecule has 0 aliphatic heterocycles. The fraction of sp³-hybridized carbons (Fsp3) is 0.500. The predicted octanol–water partition coefficient (Wildman–Crippen LogP) is 3.64. The molecule has 0 radical (unpaired) electrons. The quantitative estimate of drug-likeness (QED) is 0.835. The van der Waals surface area contributed by atoms with Gasteiger partial charge in [0.05, 0.1) is 5.56 Å². The Bertz CT molecular complexity index is 465. The number of amides is 1. The van der Waals surface area contributed by atoms with Gasteiger partial charge in [0.15, 0.2) is 0 Å². The molecule has 0 aliphatic rings. The lowest BCUT2D eigenvalue weighted by molar-refractivity contribution is -0.137. The minimum atomic E-state index is -4.34. The van der Waals surface area contributed by atoms with Crippen molar-refractivity contribution in [3.05, 3.63) is 29.8 Å². The zero-order valence-electron chi connectivity index (χ0n) is 12.2. The molecule has 0 spiro atoms. The van der Waals surface area contributed by atoms with Gasteiger partial charge in [0.2, 0.25) is 0 Å². The fourth-order valence-electron chi connectivity index (χ4n) is 1.46. The smallest absolute Gasteiger partial charge is 0.416 e. The van der Waals surface area contributed by atoms with Gasteiger partial charge in [0.25, 0.3) is 0 Å². The average molecular weight is 304 g/mol. The SMILES string of the molecule is CC(C)(C)OC(=O)NCCNc1ccc(C(F)(F)F)cc1. The van der Waals surface area contributed by atoms with E-state index in [1.165, 1.54) is 12.1 Å². The number of nitrogens with one attached hydrogen (secondary N) is 2. The molecule has 0 aliphatic carbocycles. The number of carbonyl (C=O) groups is 1. The molecule has 4 nitrogen and oxygen atoms in total. The van der Waals surface area contributed by atoms with E-state index in [0.29, 0.717) is 18.8 Å². The molecular weight excluding hydrogens is 285 g/mol. The summed E-state index contributed by atoms with van der Waals surface area (Å²) in [5.74, 6) is 0. The van der Waals surface area contributed by atoms with E-state index in [0.717, 1.165) is 12.1 Å². The third-order valence-electron chi connectivity index (χ3n) is 2.33. The summed E-state index contributed by atoms with van der Waals surface area (Å²) in [5, 5.41) is 5.45. The highest BCUT2D eigenvalue weighted by Crippen LogP contribution is 2.29. The minimum Gasteiger partial charge on any atom is -0.444 e. The second kappa shape index (κ2) is 6.69. The third kappa shape index (κ3) is 6.87. The van der Waals surface area contributed by atoms with E-state index in [-0.39, 0.29) is 0 Å². The van der Waals surface area contributed by atoms with E-state index in [1.807, 2.05) is 0 Å². The molecule has 118 valence electrons. The second-order valence-corrected chi connectivity index (χ2v) is 5.43. The Balaban J connectivity index is 2.32. The topological polar surface area (TPSA) is 50.4 Å². The van der Waals surface area contributed by atoms with Crippen LogP contribution in [0.2, 0.25) is 0 Å². The van der Waals surface area contributed by atoms with Crippen LogP contribution in [0.15, 0.2) is 24.3 Å². The molecule has 0 saturated carbocycles.